The van der Waals surface area contributed by atoms with E-state index in [-0.39, 0.29) is 17.8 Å². The maximum atomic E-state index is 13.1. The SMILES string of the molecule is O=C1C2CC(c3ccccc3)=NN2C=NN1CN1CCN(c2ccc(F)cc2)CC1. The second kappa shape index (κ2) is 7.87. The molecule has 0 saturated carbocycles. The number of carbonyl (C=O) groups is 1. The minimum absolute atomic E-state index is 0.0202. The van der Waals surface area contributed by atoms with Gasteiger partial charge in [-0.15, -0.1) is 0 Å². The first-order valence-electron chi connectivity index (χ1n) is 10.2. The Balaban J connectivity index is 1.18. The second-order valence-corrected chi connectivity index (χ2v) is 7.70. The topological polar surface area (TPSA) is 54.8 Å². The van der Waals surface area contributed by atoms with Crippen molar-refractivity contribution in [2.45, 2.75) is 12.5 Å². The van der Waals surface area contributed by atoms with Gasteiger partial charge >= 0.3 is 0 Å². The van der Waals surface area contributed by atoms with Crippen LogP contribution in [0.15, 0.2) is 64.8 Å². The predicted octanol–water partition coefficient (Wildman–Crippen LogP) is 2.17. The number of halogens is 1. The van der Waals surface area contributed by atoms with Gasteiger partial charge < -0.3 is 4.90 Å². The molecule has 0 aromatic heterocycles. The molecule has 0 radical (unpaired) electrons. The molecular weight excluding hydrogens is 383 g/mol. The van der Waals surface area contributed by atoms with Gasteiger partial charge in [0.1, 0.15) is 18.2 Å². The number of anilines is 1. The third-order valence-corrected chi connectivity index (χ3v) is 5.80. The van der Waals surface area contributed by atoms with Crippen molar-refractivity contribution >= 4 is 23.6 Å². The van der Waals surface area contributed by atoms with Crippen molar-refractivity contribution in [3.05, 3.63) is 66.0 Å². The van der Waals surface area contributed by atoms with Crippen LogP contribution in [0.25, 0.3) is 0 Å². The third-order valence-electron chi connectivity index (χ3n) is 5.80. The van der Waals surface area contributed by atoms with E-state index in [1.54, 1.807) is 16.4 Å². The summed E-state index contributed by atoms with van der Waals surface area (Å²) in [6.07, 6.45) is 2.24. The van der Waals surface area contributed by atoms with Gasteiger partial charge in [-0.05, 0) is 29.8 Å². The molecule has 2 aromatic carbocycles. The van der Waals surface area contributed by atoms with Crippen molar-refractivity contribution in [1.29, 1.82) is 0 Å². The number of amides is 1. The summed E-state index contributed by atoms with van der Waals surface area (Å²) in [5, 5.41) is 12.1. The Morgan fingerprint density at radius 3 is 2.43 bits per heavy atom. The van der Waals surface area contributed by atoms with Gasteiger partial charge in [-0.25, -0.2) is 14.4 Å². The fourth-order valence-corrected chi connectivity index (χ4v) is 4.08. The number of hydrogen-bond donors (Lipinski definition) is 0. The number of piperazine rings is 1. The zero-order chi connectivity index (χ0) is 20.5. The van der Waals surface area contributed by atoms with Gasteiger partial charge in [0.15, 0.2) is 0 Å². The van der Waals surface area contributed by atoms with Crippen LogP contribution in [0.4, 0.5) is 10.1 Å². The van der Waals surface area contributed by atoms with Crippen LogP contribution in [-0.2, 0) is 4.79 Å². The van der Waals surface area contributed by atoms with Crippen molar-refractivity contribution in [3.8, 4) is 0 Å². The molecular formula is C22H23FN6O. The Morgan fingerprint density at radius 1 is 0.967 bits per heavy atom. The molecule has 0 aliphatic carbocycles. The molecule has 1 fully saturated rings. The summed E-state index contributed by atoms with van der Waals surface area (Å²) in [4.78, 5) is 17.5. The van der Waals surface area contributed by atoms with Crippen LogP contribution in [0.3, 0.4) is 0 Å². The number of benzene rings is 2. The van der Waals surface area contributed by atoms with Gasteiger partial charge in [-0.2, -0.15) is 10.2 Å². The molecule has 1 saturated heterocycles. The van der Waals surface area contributed by atoms with Gasteiger partial charge in [-0.3, -0.25) is 9.69 Å². The zero-order valence-corrected chi connectivity index (χ0v) is 16.6. The molecule has 3 heterocycles. The summed E-state index contributed by atoms with van der Waals surface area (Å²) in [7, 11) is 0. The lowest BCUT2D eigenvalue weighted by Gasteiger charge is -2.38. The molecule has 2 aromatic rings. The molecule has 0 N–H and O–H groups in total. The summed E-state index contributed by atoms with van der Waals surface area (Å²) in [5.41, 5.74) is 2.97. The number of hydrogen-bond acceptors (Lipinski definition) is 6. The van der Waals surface area contributed by atoms with Crippen LogP contribution in [-0.4, -0.2) is 71.8 Å². The maximum absolute atomic E-state index is 13.1. The average Bonchev–Trinajstić information content (AvgIpc) is 3.23. The van der Waals surface area contributed by atoms with E-state index in [9.17, 15) is 9.18 Å². The average molecular weight is 406 g/mol. The van der Waals surface area contributed by atoms with Gasteiger partial charge in [0.2, 0.25) is 0 Å². The first-order valence-corrected chi connectivity index (χ1v) is 10.2. The van der Waals surface area contributed by atoms with E-state index in [4.69, 9.17) is 0 Å². The highest BCUT2D eigenvalue weighted by atomic mass is 19.1. The van der Waals surface area contributed by atoms with Crippen molar-refractivity contribution in [3.63, 3.8) is 0 Å². The first-order chi connectivity index (χ1) is 14.7. The molecule has 1 unspecified atom stereocenters. The van der Waals surface area contributed by atoms with Crippen LogP contribution in [0.5, 0.6) is 0 Å². The van der Waals surface area contributed by atoms with Crippen molar-refractivity contribution in [2.24, 2.45) is 10.2 Å². The fourth-order valence-electron chi connectivity index (χ4n) is 4.08. The van der Waals surface area contributed by atoms with Gasteiger partial charge in [0.05, 0.1) is 12.4 Å². The molecule has 1 atom stereocenters. The van der Waals surface area contributed by atoms with E-state index in [2.05, 4.69) is 20.0 Å². The van der Waals surface area contributed by atoms with E-state index < -0.39 is 0 Å². The van der Waals surface area contributed by atoms with Crippen molar-refractivity contribution < 1.29 is 9.18 Å². The van der Waals surface area contributed by atoms with Crippen molar-refractivity contribution in [1.82, 2.24) is 14.9 Å². The number of hydrazone groups is 2. The molecule has 1 amide bonds. The monoisotopic (exact) mass is 406 g/mol. The molecule has 7 nitrogen and oxygen atoms in total. The minimum atomic E-state index is -0.321. The van der Waals surface area contributed by atoms with E-state index in [0.717, 1.165) is 43.1 Å². The standard InChI is InChI=1S/C22H23FN6O/c23-18-6-8-19(9-7-18)27-12-10-26(11-13-27)16-29-22(30)21-14-20(25-28(21)15-24-29)17-4-2-1-3-5-17/h1-9,15,21H,10-14,16H2. The summed E-state index contributed by atoms with van der Waals surface area (Å²) >= 11 is 0. The minimum Gasteiger partial charge on any atom is -0.369 e. The summed E-state index contributed by atoms with van der Waals surface area (Å²) in [5.74, 6) is -0.243. The van der Waals surface area contributed by atoms with Crippen molar-refractivity contribution in [2.75, 3.05) is 37.7 Å². The summed E-state index contributed by atoms with van der Waals surface area (Å²) in [6, 6.07) is 16.2. The Labute approximate surface area is 174 Å². The van der Waals surface area contributed by atoms with Gasteiger partial charge in [0.25, 0.3) is 5.91 Å². The molecule has 3 aliphatic rings. The molecule has 0 spiro atoms. The lowest BCUT2D eigenvalue weighted by Crippen LogP contribution is -2.54. The second-order valence-electron chi connectivity index (χ2n) is 7.70. The number of fused-ring (bicyclic) bond motifs is 1. The lowest BCUT2D eigenvalue weighted by molar-refractivity contribution is -0.138. The number of carbonyl (C=O) groups excluding carboxylic acids is 1. The van der Waals surface area contributed by atoms with Crippen LogP contribution < -0.4 is 4.90 Å². The Kier molecular flexibility index (Phi) is 4.92. The number of rotatable bonds is 4. The lowest BCUT2D eigenvalue weighted by atomic mass is 10.0. The molecule has 8 heteroatoms. The van der Waals surface area contributed by atoms with E-state index >= 15 is 0 Å². The highest BCUT2D eigenvalue weighted by Crippen LogP contribution is 2.24. The summed E-state index contributed by atoms with van der Waals surface area (Å²) in [6.45, 7) is 3.76. The van der Waals surface area contributed by atoms with Crippen LogP contribution >= 0.6 is 0 Å². The quantitative estimate of drug-likeness (QED) is 0.781. The van der Waals surface area contributed by atoms with E-state index in [1.807, 2.05) is 42.5 Å². The molecule has 30 heavy (non-hydrogen) atoms. The highest BCUT2D eigenvalue weighted by Gasteiger charge is 2.38. The highest BCUT2D eigenvalue weighted by molar-refractivity contribution is 6.06. The third kappa shape index (κ3) is 3.66. The number of nitrogens with zero attached hydrogens (tertiary/aromatic N) is 6. The van der Waals surface area contributed by atoms with Crippen LogP contribution in [0.1, 0.15) is 12.0 Å². The zero-order valence-electron chi connectivity index (χ0n) is 16.6. The predicted molar refractivity (Wildman–Crippen MR) is 114 cm³/mol. The molecule has 5 rings (SSSR count). The van der Waals surface area contributed by atoms with Gasteiger partial charge in [0, 0.05) is 38.3 Å². The smallest absolute Gasteiger partial charge is 0.269 e. The normalized spacial score (nSPS) is 21.8. The molecule has 154 valence electrons. The Hall–Kier alpha value is -3.26. The van der Waals surface area contributed by atoms with E-state index in [1.165, 1.54) is 12.1 Å². The Bertz CT molecular complexity index is 969. The largest absolute Gasteiger partial charge is 0.369 e. The summed E-state index contributed by atoms with van der Waals surface area (Å²) < 4.78 is 13.1. The fraction of sp³-hybridized carbons (Fsp3) is 0.318. The Morgan fingerprint density at radius 2 is 1.70 bits per heavy atom. The maximum Gasteiger partial charge on any atom is 0.269 e. The van der Waals surface area contributed by atoms with Crippen LogP contribution in [0, 0.1) is 5.82 Å². The van der Waals surface area contributed by atoms with Gasteiger partial charge in [-0.1, -0.05) is 30.3 Å². The van der Waals surface area contributed by atoms with E-state index in [0.29, 0.717) is 13.1 Å². The van der Waals surface area contributed by atoms with Crippen LogP contribution in [0.2, 0.25) is 0 Å². The molecule has 0 bridgehead atoms. The molecule has 3 aliphatic heterocycles. The first kappa shape index (κ1) is 18.7.